The van der Waals surface area contributed by atoms with Crippen LogP contribution in [0.25, 0.3) is 0 Å². The van der Waals surface area contributed by atoms with Crippen LogP contribution in [-0.2, 0) is 17.9 Å². The minimum atomic E-state index is -0.506. The summed E-state index contributed by atoms with van der Waals surface area (Å²) in [4.78, 5) is 14.2. The molecule has 0 saturated carbocycles. The molecule has 0 aliphatic carbocycles. The highest BCUT2D eigenvalue weighted by Gasteiger charge is 2.19. The maximum absolute atomic E-state index is 12.4. The highest BCUT2D eigenvalue weighted by Crippen LogP contribution is 2.18. The molecule has 24 heavy (non-hydrogen) atoms. The van der Waals surface area contributed by atoms with E-state index in [0.29, 0.717) is 13.1 Å². The Morgan fingerprint density at radius 1 is 1.25 bits per heavy atom. The third-order valence-electron chi connectivity index (χ3n) is 4.01. The second-order valence-corrected chi connectivity index (χ2v) is 7.01. The molecule has 3 nitrogen and oxygen atoms in total. The molecule has 2 rings (SSSR count). The van der Waals surface area contributed by atoms with Gasteiger partial charge in [-0.3, -0.25) is 4.79 Å². The van der Waals surface area contributed by atoms with Crippen molar-refractivity contribution in [3.63, 3.8) is 0 Å². The Hall–Kier alpha value is -1.45. The van der Waals surface area contributed by atoms with Crippen molar-refractivity contribution in [1.29, 1.82) is 0 Å². The van der Waals surface area contributed by atoms with Crippen LogP contribution in [0.4, 0.5) is 0 Å². The lowest BCUT2D eigenvalue weighted by Crippen LogP contribution is -2.36. The third kappa shape index (κ3) is 5.02. The topological polar surface area (TPSA) is 25.2 Å². The summed E-state index contributed by atoms with van der Waals surface area (Å²) in [6.45, 7) is 5.82. The molecule has 1 aromatic carbocycles. The summed E-state index contributed by atoms with van der Waals surface area (Å²) in [6, 6.07) is 11.9. The Balaban J connectivity index is 2.15. The summed E-state index contributed by atoms with van der Waals surface area (Å²) < 4.78 is 2.13. The zero-order chi connectivity index (χ0) is 17.5. The zero-order valence-electron chi connectivity index (χ0n) is 14.2. The van der Waals surface area contributed by atoms with Crippen molar-refractivity contribution in [3.05, 3.63) is 58.9 Å². The van der Waals surface area contributed by atoms with E-state index in [9.17, 15) is 4.79 Å². The first-order chi connectivity index (χ1) is 11.5. The van der Waals surface area contributed by atoms with Gasteiger partial charge in [-0.15, -0.1) is 11.6 Å². The molecule has 130 valence electrons. The Morgan fingerprint density at radius 3 is 2.67 bits per heavy atom. The summed E-state index contributed by atoms with van der Waals surface area (Å²) in [6.07, 6.45) is 4.03. The van der Waals surface area contributed by atoms with Crippen molar-refractivity contribution < 1.29 is 4.79 Å². The van der Waals surface area contributed by atoms with Crippen LogP contribution in [-0.4, -0.2) is 27.3 Å². The lowest BCUT2D eigenvalue weighted by atomic mass is 10.2. The normalized spacial score (nSPS) is 12.2. The molecule has 1 amide bonds. The van der Waals surface area contributed by atoms with E-state index in [1.54, 1.807) is 6.92 Å². The van der Waals surface area contributed by atoms with Crippen molar-refractivity contribution in [3.8, 4) is 0 Å². The number of carbonyl (C=O) groups excluding carboxylic acids is 1. The number of aromatic nitrogens is 1. The van der Waals surface area contributed by atoms with Gasteiger partial charge in [0.1, 0.15) is 5.38 Å². The van der Waals surface area contributed by atoms with E-state index in [4.69, 9.17) is 23.2 Å². The minimum absolute atomic E-state index is 0.0180. The summed E-state index contributed by atoms with van der Waals surface area (Å²) in [5.41, 5.74) is 2.14. The Kier molecular flexibility index (Phi) is 7.19. The van der Waals surface area contributed by atoms with E-state index in [-0.39, 0.29) is 5.91 Å². The predicted molar refractivity (Wildman–Crippen MR) is 101 cm³/mol. The number of unbranched alkanes of at least 4 members (excludes halogenated alkanes) is 1. The van der Waals surface area contributed by atoms with Crippen molar-refractivity contribution in [2.75, 3.05) is 6.54 Å². The SMILES string of the molecule is CCCCN(Cc1cccn1Cc1ccccc1Cl)C(=O)C(C)Cl. The molecule has 1 unspecified atom stereocenters. The highest BCUT2D eigenvalue weighted by atomic mass is 35.5. The van der Waals surface area contributed by atoms with Gasteiger partial charge in [-0.25, -0.2) is 0 Å². The monoisotopic (exact) mass is 366 g/mol. The van der Waals surface area contributed by atoms with E-state index in [0.717, 1.165) is 35.7 Å². The highest BCUT2D eigenvalue weighted by molar-refractivity contribution is 6.31. The Morgan fingerprint density at radius 2 is 2.00 bits per heavy atom. The van der Waals surface area contributed by atoms with Crippen LogP contribution < -0.4 is 0 Å². The molecule has 1 aromatic heterocycles. The molecular formula is C19H24Cl2N2O. The summed E-state index contributed by atoms with van der Waals surface area (Å²) in [5.74, 6) is -0.0180. The molecular weight excluding hydrogens is 343 g/mol. The van der Waals surface area contributed by atoms with Gasteiger partial charge < -0.3 is 9.47 Å². The van der Waals surface area contributed by atoms with E-state index >= 15 is 0 Å². The van der Waals surface area contributed by atoms with Crippen LogP contribution in [0.5, 0.6) is 0 Å². The second kappa shape index (κ2) is 9.14. The molecule has 1 heterocycles. The Labute approximate surface area is 154 Å². The number of alkyl halides is 1. The number of halogens is 2. The van der Waals surface area contributed by atoms with Gasteiger partial charge in [0.05, 0.1) is 6.54 Å². The molecule has 0 aliphatic heterocycles. The van der Waals surface area contributed by atoms with Gasteiger partial charge in [0.25, 0.3) is 0 Å². The number of hydrogen-bond donors (Lipinski definition) is 0. The van der Waals surface area contributed by atoms with E-state index in [2.05, 4.69) is 11.5 Å². The number of rotatable bonds is 8. The van der Waals surface area contributed by atoms with Crippen molar-refractivity contribution >= 4 is 29.1 Å². The van der Waals surface area contributed by atoms with Crippen LogP contribution in [0.3, 0.4) is 0 Å². The zero-order valence-corrected chi connectivity index (χ0v) is 15.7. The third-order valence-corrected chi connectivity index (χ3v) is 4.56. The fraction of sp³-hybridized carbons (Fsp3) is 0.421. The molecule has 0 radical (unpaired) electrons. The molecule has 5 heteroatoms. The maximum Gasteiger partial charge on any atom is 0.240 e. The van der Waals surface area contributed by atoms with Gasteiger partial charge in [0.15, 0.2) is 0 Å². The standard InChI is InChI=1S/C19H24Cl2N2O/c1-3-4-11-23(19(24)15(2)20)14-17-9-7-12-22(17)13-16-8-5-6-10-18(16)21/h5-10,12,15H,3-4,11,13-14H2,1-2H3. The largest absolute Gasteiger partial charge is 0.345 e. The van der Waals surface area contributed by atoms with E-state index in [1.807, 2.05) is 47.5 Å². The van der Waals surface area contributed by atoms with Gasteiger partial charge in [0.2, 0.25) is 5.91 Å². The van der Waals surface area contributed by atoms with Gasteiger partial charge in [-0.05, 0) is 37.1 Å². The predicted octanol–water partition coefficient (Wildman–Crippen LogP) is 4.95. The molecule has 0 aliphatic rings. The van der Waals surface area contributed by atoms with Gasteiger partial charge in [-0.1, -0.05) is 43.1 Å². The molecule has 1 atom stereocenters. The molecule has 2 aromatic rings. The van der Waals surface area contributed by atoms with Gasteiger partial charge >= 0.3 is 0 Å². The van der Waals surface area contributed by atoms with Crippen LogP contribution in [0, 0.1) is 0 Å². The minimum Gasteiger partial charge on any atom is -0.345 e. The number of hydrogen-bond acceptors (Lipinski definition) is 1. The number of amides is 1. The smallest absolute Gasteiger partial charge is 0.240 e. The average Bonchev–Trinajstić information content (AvgIpc) is 2.99. The van der Waals surface area contributed by atoms with Crippen molar-refractivity contribution in [2.24, 2.45) is 0 Å². The van der Waals surface area contributed by atoms with Crippen LogP contribution in [0.15, 0.2) is 42.6 Å². The molecule has 0 spiro atoms. The molecule has 0 N–H and O–H groups in total. The lowest BCUT2D eigenvalue weighted by Gasteiger charge is -2.24. The first kappa shape index (κ1) is 18.9. The summed E-state index contributed by atoms with van der Waals surface area (Å²) in [7, 11) is 0. The fourth-order valence-electron chi connectivity index (χ4n) is 2.62. The number of benzene rings is 1. The summed E-state index contributed by atoms with van der Waals surface area (Å²) in [5, 5.41) is 0.249. The van der Waals surface area contributed by atoms with Crippen LogP contribution in [0.2, 0.25) is 5.02 Å². The average molecular weight is 367 g/mol. The quantitative estimate of drug-likeness (QED) is 0.607. The first-order valence-corrected chi connectivity index (χ1v) is 9.14. The van der Waals surface area contributed by atoms with Gasteiger partial charge in [-0.2, -0.15) is 0 Å². The van der Waals surface area contributed by atoms with E-state index in [1.165, 1.54) is 0 Å². The van der Waals surface area contributed by atoms with Crippen molar-refractivity contribution in [2.45, 2.75) is 45.2 Å². The molecule has 0 fully saturated rings. The first-order valence-electron chi connectivity index (χ1n) is 8.33. The number of nitrogens with zero attached hydrogens (tertiary/aromatic N) is 2. The molecule has 0 saturated heterocycles. The van der Waals surface area contributed by atoms with E-state index < -0.39 is 5.38 Å². The maximum atomic E-state index is 12.4. The molecule has 0 bridgehead atoms. The van der Waals surface area contributed by atoms with Crippen molar-refractivity contribution in [1.82, 2.24) is 9.47 Å². The summed E-state index contributed by atoms with van der Waals surface area (Å²) >= 11 is 12.3. The number of carbonyl (C=O) groups is 1. The lowest BCUT2D eigenvalue weighted by molar-refractivity contribution is -0.131. The van der Waals surface area contributed by atoms with Gasteiger partial charge in [0, 0.05) is 30.0 Å². The second-order valence-electron chi connectivity index (χ2n) is 5.95. The van der Waals surface area contributed by atoms with Crippen LogP contribution in [0.1, 0.15) is 37.9 Å². The Bertz CT molecular complexity index is 667. The van der Waals surface area contributed by atoms with Crippen LogP contribution >= 0.6 is 23.2 Å². The fourth-order valence-corrected chi connectivity index (χ4v) is 2.95.